The molecule has 17 heteroatoms. The Morgan fingerprint density at radius 2 is 0.893 bits per heavy atom. The Balaban J connectivity index is 0.000000339. The molecule has 0 aliphatic rings. The highest BCUT2D eigenvalue weighted by molar-refractivity contribution is 5.94. The number of rotatable bonds is 29. The van der Waals surface area contributed by atoms with E-state index in [1.807, 2.05) is 31.2 Å². The Morgan fingerprint density at radius 3 is 1.33 bits per heavy atom. The number of hydrogen-bond acceptors (Lipinski definition) is 17. The molecule has 0 amide bonds. The van der Waals surface area contributed by atoms with Crippen molar-refractivity contribution in [1.82, 2.24) is 0 Å². The Bertz CT molecular complexity index is 2690. The number of nitrogens with zero attached hydrogens (tertiary/aromatic N) is 2. The Kier molecular flexibility index (Phi) is 24.6. The molecule has 0 atom stereocenters. The summed E-state index contributed by atoms with van der Waals surface area (Å²) in [5.74, 6) is 1.49. The zero-order valence-corrected chi connectivity index (χ0v) is 43.0. The first-order valence-electron chi connectivity index (χ1n) is 23.7. The van der Waals surface area contributed by atoms with E-state index in [0.717, 1.165) is 23.4 Å². The number of allylic oxidation sites excluding steroid dienone is 1. The summed E-state index contributed by atoms with van der Waals surface area (Å²) in [7, 11) is 0. The number of Topliss-reactive ketones (excluding diaryl/α,β-unsaturated/α-hetero) is 1. The van der Waals surface area contributed by atoms with Gasteiger partial charge in [0, 0.05) is 35.4 Å². The first-order chi connectivity index (χ1) is 36.0. The summed E-state index contributed by atoms with van der Waals surface area (Å²) in [6.07, 6.45) is 1.26. The van der Waals surface area contributed by atoms with Crippen molar-refractivity contribution in [3.63, 3.8) is 0 Å². The van der Waals surface area contributed by atoms with Gasteiger partial charge >= 0.3 is 23.9 Å². The van der Waals surface area contributed by atoms with E-state index < -0.39 is 23.9 Å². The van der Waals surface area contributed by atoms with Crippen LogP contribution in [-0.4, -0.2) is 82.6 Å². The zero-order chi connectivity index (χ0) is 54.5. The van der Waals surface area contributed by atoms with Gasteiger partial charge in [-0.15, -0.1) is 0 Å². The van der Waals surface area contributed by atoms with Crippen LogP contribution in [0.15, 0.2) is 174 Å². The van der Waals surface area contributed by atoms with Crippen LogP contribution in [0.1, 0.15) is 56.5 Å². The Morgan fingerprint density at radius 1 is 0.480 bits per heavy atom. The molecular weight excluding hydrogens is 963 g/mol. The maximum Gasteiger partial charge on any atom is 0.343 e. The molecule has 0 saturated heterocycles. The van der Waals surface area contributed by atoms with Crippen LogP contribution in [-0.2, 0) is 33.4 Å². The number of benzene rings is 5. The molecule has 75 heavy (non-hydrogen) atoms. The summed E-state index contributed by atoms with van der Waals surface area (Å²) in [5, 5.41) is 11.7. The van der Waals surface area contributed by atoms with E-state index in [0.29, 0.717) is 81.0 Å². The lowest BCUT2D eigenvalue weighted by Crippen LogP contribution is -2.12. The average Bonchev–Trinajstić information content (AvgIpc) is 3.40. The number of esters is 4. The van der Waals surface area contributed by atoms with Crippen molar-refractivity contribution in [2.75, 3.05) is 58.3 Å². The number of nitrogens with one attached hydrogen (secondary N) is 1. The lowest BCUT2D eigenvalue weighted by atomic mass is 10.1. The SMILES string of the molecule is C=C(C)C(=O)CCCNc1ccc(N=Nc2ccc(OCCOC(=O)C(=C)C)cc2)cc1.C=C(C)C(=O)OCCOc1ccc(OCOc2ccc(OC(=O)c3ccc(OCCOC(=O)C(=C)C)cc3)cc2C)cc1. The predicted octanol–water partition coefficient (Wildman–Crippen LogP) is 11.6. The Labute approximate surface area is 437 Å². The van der Waals surface area contributed by atoms with Crippen molar-refractivity contribution >= 4 is 46.7 Å². The normalized spacial score (nSPS) is 10.4. The number of ketones is 1. The number of anilines is 1. The first-order valence-corrected chi connectivity index (χ1v) is 23.7. The molecule has 0 aliphatic carbocycles. The van der Waals surface area contributed by atoms with E-state index in [4.69, 9.17) is 42.6 Å². The molecule has 0 fully saturated rings. The van der Waals surface area contributed by atoms with Crippen LogP contribution < -0.4 is 33.7 Å². The molecule has 5 aromatic rings. The van der Waals surface area contributed by atoms with Crippen molar-refractivity contribution in [3.8, 4) is 34.5 Å². The Hall–Kier alpha value is -8.99. The number of carbonyl (C=O) groups is 5. The molecule has 5 aromatic carbocycles. The third-order valence-electron chi connectivity index (χ3n) is 9.88. The smallest absolute Gasteiger partial charge is 0.343 e. The van der Waals surface area contributed by atoms with Gasteiger partial charge in [-0.25, -0.2) is 19.2 Å². The average molecular weight is 1030 g/mol. The van der Waals surface area contributed by atoms with Gasteiger partial charge in [-0.2, -0.15) is 10.2 Å². The second-order valence-corrected chi connectivity index (χ2v) is 16.5. The van der Waals surface area contributed by atoms with Gasteiger partial charge in [-0.05, 0) is 167 Å². The second-order valence-electron chi connectivity index (χ2n) is 16.5. The van der Waals surface area contributed by atoms with Gasteiger partial charge in [0.2, 0.25) is 6.79 Å². The summed E-state index contributed by atoms with van der Waals surface area (Å²) in [6.45, 7) is 24.2. The van der Waals surface area contributed by atoms with Crippen molar-refractivity contribution in [3.05, 3.63) is 175 Å². The molecule has 0 unspecified atom stereocenters. The van der Waals surface area contributed by atoms with Crippen molar-refractivity contribution in [2.24, 2.45) is 10.2 Å². The first kappa shape index (κ1) is 58.6. The molecule has 17 nitrogen and oxygen atoms in total. The second kappa shape index (κ2) is 31.5. The van der Waals surface area contributed by atoms with Crippen LogP contribution in [0.4, 0.5) is 17.1 Å². The van der Waals surface area contributed by atoms with Crippen LogP contribution in [0.3, 0.4) is 0 Å². The van der Waals surface area contributed by atoms with Gasteiger partial charge in [0.1, 0.15) is 74.1 Å². The van der Waals surface area contributed by atoms with Crippen LogP contribution in [0.25, 0.3) is 0 Å². The van der Waals surface area contributed by atoms with Crippen LogP contribution in [0, 0.1) is 6.92 Å². The quantitative estimate of drug-likeness (QED) is 0.00899. The van der Waals surface area contributed by atoms with Gasteiger partial charge in [0.15, 0.2) is 5.78 Å². The molecule has 0 radical (unpaired) electrons. The van der Waals surface area contributed by atoms with Crippen LogP contribution in [0.2, 0.25) is 0 Å². The largest absolute Gasteiger partial charge is 0.490 e. The maximum atomic E-state index is 12.6. The fourth-order valence-electron chi connectivity index (χ4n) is 5.81. The molecule has 394 valence electrons. The van der Waals surface area contributed by atoms with Crippen LogP contribution >= 0.6 is 0 Å². The van der Waals surface area contributed by atoms with Crippen molar-refractivity contribution in [1.29, 1.82) is 0 Å². The topological polar surface area (TPSA) is 205 Å². The van der Waals surface area contributed by atoms with E-state index in [1.54, 1.807) is 119 Å². The lowest BCUT2D eigenvalue weighted by molar-refractivity contribution is -0.140. The number of azo groups is 1. The van der Waals surface area contributed by atoms with Gasteiger partial charge in [0.05, 0.1) is 16.9 Å². The van der Waals surface area contributed by atoms with E-state index in [9.17, 15) is 24.0 Å². The number of hydrogen-bond donors (Lipinski definition) is 1. The molecule has 0 heterocycles. The van der Waals surface area contributed by atoms with E-state index in [-0.39, 0.29) is 52.2 Å². The van der Waals surface area contributed by atoms with Gasteiger partial charge < -0.3 is 47.9 Å². The highest BCUT2D eigenvalue weighted by Gasteiger charge is 2.12. The fraction of sp³-hybridized carbons (Fsp3) is 0.259. The lowest BCUT2D eigenvalue weighted by Gasteiger charge is -2.13. The third kappa shape index (κ3) is 22.5. The number of ether oxygens (including phenoxy) is 9. The summed E-state index contributed by atoms with van der Waals surface area (Å²) >= 11 is 0. The molecule has 5 rings (SSSR count). The van der Waals surface area contributed by atoms with Crippen molar-refractivity contribution < 1.29 is 66.6 Å². The predicted molar refractivity (Wildman–Crippen MR) is 284 cm³/mol. The fourth-order valence-corrected chi connectivity index (χ4v) is 5.81. The molecule has 0 spiro atoms. The van der Waals surface area contributed by atoms with E-state index in [2.05, 4.69) is 41.9 Å². The molecular formula is C58H63N3O14. The summed E-state index contributed by atoms with van der Waals surface area (Å²) in [5.41, 5.74) is 5.09. The van der Waals surface area contributed by atoms with E-state index >= 15 is 0 Å². The van der Waals surface area contributed by atoms with Gasteiger partial charge in [0.25, 0.3) is 0 Å². The standard InChI is InChI=1S/C33H34O10.C25H29N3O4/c1-22(2)31(34)39-18-16-37-26-8-6-25(7-9-26)33(36)43-29-14-15-30(24(5)20-29)42-21-41-28-12-10-27(11-13-28)38-17-19-40-32(35)23(3)4;1-18(2)24(29)6-5-15-26-20-7-9-21(10-8-20)27-28-22-11-13-23(14-12-22)31-16-17-32-25(30)19(3)4/h6-15,20H,1,3,16-19,21H2,2,4-5H3;7-14,26H,1,3,5-6,15-17H2,2,4H3. The highest BCUT2D eigenvalue weighted by Crippen LogP contribution is 2.26. The highest BCUT2D eigenvalue weighted by atomic mass is 16.7. The van der Waals surface area contributed by atoms with Gasteiger partial charge in [-0.3, -0.25) is 4.79 Å². The minimum Gasteiger partial charge on any atom is -0.490 e. The molecule has 0 aliphatic heterocycles. The van der Waals surface area contributed by atoms with Crippen molar-refractivity contribution in [2.45, 2.75) is 47.5 Å². The molecule has 0 aromatic heterocycles. The maximum absolute atomic E-state index is 12.6. The molecule has 0 saturated carbocycles. The zero-order valence-electron chi connectivity index (χ0n) is 43.0. The number of carbonyl (C=O) groups excluding carboxylic acids is 5. The van der Waals surface area contributed by atoms with E-state index in [1.165, 1.54) is 0 Å². The summed E-state index contributed by atoms with van der Waals surface area (Å²) in [6, 6.07) is 33.1. The molecule has 1 N–H and O–H groups in total. The number of aryl methyl sites for hydroxylation is 1. The van der Waals surface area contributed by atoms with Gasteiger partial charge in [-0.1, -0.05) is 26.3 Å². The summed E-state index contributed by atoms with van der Waals surface area (Å²) in [4.78, 5) is 58.1. The molecule has 0 bridgehead atoms. The monoisotopic (exact) mass is 1030 g/mol. The minimum absolute atomic E-state index is 0.0399. The third-order valence-corrected chi connectivity index (χ3v) is 9.88. The van der Waals surface area contributed by atoms with Crippen LogP contribution in [0.5, 0.6) is 34.5 Å². The summed E-state index contributed by atoms with van der Waals surface area (Å²) < 4.78 is 48.3. The minimum atomic E-state index is -0.529.